The zero-order valence-electron chi connectivity index (χ0n) is 25.3. The second-order valence-electron chi connectivity index (χ2n) is 11.2. The number of carbonyl (C=O) groups excluding carboxylic acids is 1. The lowest BCUT2D eigenvalue weighted by Gasteiger charge is -2.16. The van der Waals surface area contributed by atoms with Crippen molar-refractivity contribution in [1.82, 2.24) is 30.2 Å². The number of aromatic amines is 1. The molecule has 0 bridgehead atoms. The molecule has 1 aliphatic rings. The maximum absolute atomic E-state index is 14.8. The van der Waals surface area contributed by atoms with E-state index in [1.807, 2.05) is 35.3 Å². The Labute approximate surface area is 266 Å². The van der Waals surface area contributed by atoms with E-state index >= 15 is 0 Å². The Kier molecular flexibility index (Phi) is 8.86. The molecule has 0 saturated carbocycles. The summed E-state index contributed by atoms with van der Waals surface area (Å²) in [6, 6.07) is 13.5. The number of hydrogen-bond acceptors (Lipinski definition) is 7. The highest BCUT2D eigenvalue weighted by molar-refractivity contribution is 7.92. The van der Waals surface area contributed by atoms with Crippen LogP contribution in [0.25, 0.3) is 34.2 Å². The summed E-state index contributed by atoms with van der Waals surface area (Å²) in [5, 5.41) is 15.2. The van der Waals surface area contributed by atoms with Crippen LogP contribution in [0.4, 0.5) is 15.8 Å². The highest BCUT2D eigenvalue weighted by Gasteiger charge is 2.25. The maximum Gasteiger partial charge on any atom is 0.262 e. The van der Waals surface area contributed by atoms with Crippen molar-refractivity contribution in [3.63, 3.8) is 0 Å². The highest BCUT2D eigenvalue weighted by Crippen LogP contribution is 2.34. The molecule has 1 aliphatic heterocycles. The zero-order chi connectivity index (χ0) is 32.3. The molecule has 3 heterocycles. The Hall–Kier alpha value is -5.01. The standard InChI is InChI=1S/C33H35FN8O3S/c1-36-33(43)26-6-4-7-28(34)32(26)40-46(44,45)31-13-10-24(35)19-27(31)23-9-11-25-29(38-39-30(25)18-23)12-8-22-20-37-42(21-22)17-5-16-41-14-2-3-15-41/h4,6-13,18-21,40H,2-3,5,14-17,35H2,1H3,(H,36,43)(H,38,39)/b12-8+. The summed E-state index contributed by atoms with van der Waals surface area (Å²) in [5.74, 6) is -1.52. The number of hydrogen-bond donors (Lipinski definition) is 4. The fourth-order valence-corrected chi connectivity index (χ4v) is 7.01. The third kappa shape index (κ3) is 6.65. The number of H-pyrrole nitrogens is 1. The van der Waals surface area contributed by atoms with Crippen LogP contribution in [-0.2, 0) is 16.6 Å². The van der Waals surface area contributed by atoms with Gasteiger partial charge in [0.15, 0.2) is 0 Å². The lowest BCUT2D eigenvalue weighted by molar-refractivity contribution is 0.0963. The largest absolute Gasteiger partial charge is 0.399 e. The summed E-state index contributed by atoms with van der Waals surface area (Å²) in [5.41, 5.74) is 9.03. The van der Waals surface area contributed by atoms with E-state index in [9.17, 15) is 17.6 Å². The van der Waals surface area contributed by atoms with Gasteiger partial charge in [-0.15, -0.1) is 0 Å². The number of nitrogens with two attached hydrogens (primary N) is 1. The average Bonchev–Trinajstić information content (AvgIpc) is 3.82. The van der Waals surface area contributed by atoms with Gasteiger partial charge in [-0.05, 0) is 99.1 Å². The minimum atomic E-state index is -4.36. The zero-order valence-corrected chi connectivity index (χ0v) is 26.1. The number of nitrogens with one attached hydrogen (secondary N) is 3. The molecule has 1 saturated heterocycles. The summed E-state index contributed by atoms with van der Waals surface area (Å²) in [6.07, 6.45) is 11.3. The van der Waals surface area contributed by atoms with Gasteiger partial charge in [-0.2, -0.15) is 10.2 Å². The number of carbonyl (C=O) groups is 1. The number of para-hydroxylation sites is 1. The third-order valence-electron chi connectivity index (χ3n) is 8.07. The van der Waals surface area contributed by atoms with Crippen molar-refractivity contribution in [1.29, 1.82) is 0 Å². The molecule has 2 aromatic heterocycles. The molecular formula is C33H35FN8O3S. The van der Waals surface area contributed by atoms with Crippen LogP contribution in [0.15, 0.2) is 71.9 Å². The van der Waals surface area contributed by atoms with Crippen molar-refractivity contribution in [2.24, 2.45) is 0 Å². The first-order chi connectivity index (χ1) is 22.2. The topological polar surface area (TPSA) is 151 Å². The summed E-state index contributed by atoms with van der Waals surface area (Å²) in [4.78, 5) is 14.7. The molecule has 0 aliphatic carbocycles. The Bertz CT molecular complexity index is 2030. The molecule has 1 fully saturated rings. The van der Waals surface area contributed by atoms with Gasteiger partial charge >= 0.3 is 0 Å². The monoisotopic (exact) mass is 642 g/mol. The van der Waals surface area contributed by atoms with Crippen LogP contribution in [0, 0.1) is 5.82 Å². The SMILES string of the molecule is CNC(=O)c1cccc(F)c1NS(=O)(=O)c1ccc(N)cc1-c1ccc2c(/C=C/c3cnn(CCCN4CCCC4)c3)n[nH]c2c1. The Morgan fingerprint density at radius 3 is 2.72 bits per heavy atom. The number of sulfonamides is 1. The number of rotatable bonds is 11. The summed E-state index contributed by atoms with van der Waals surface area (Å²) < 4.78 is 46.3. The molecule has 11 nitrogen and oxygen atoms in total. The number of anilines is 2. The molecule has 5 N–H and O–H groups in total. The molecular weight excluding hydrogens is 607 g/mol. The number of fused-ring (bicyclic) bond motifs is 1. The quantitative estimate of drug-likeness (QED) is 0.149. The molecule has 1 amide bonds. The average molecular weight is 643 g/mol. The van der Waals surface area contributed by atoms with Gasteiger partial charge < -0.3 is 16.0 Å². The maximum atomic E-state index is 14.8. The molecule has 5 aromatic rings. The number of nitrogens with zero attached hydrogens (tertiary/aromatic N) is 4. The van der Waals surface area contributed by atoms with E-state index in [-0.39, 0.29) is 10.5 Å². The van der Waals surface area contributed by atoms with Crippen molar-refractivity contribution < 1.29 is 17.6 Å². The minimum absolute atomic E-state index is 0.135. The van der Waals surface area contributed by atoms with Gasteiger partial charge in [0.05, 0.1) is 33.6 Å². The van der Waals surface area contributed by atoms with Crippen LogP contribution in [-0.4, -0.2) is 65.9 Å². The van der Waals surface area contributed by atoms with E-state index in [1.54, 1.807) is 12.1 Å². The number of halogens is 1. The van der Waals surface area contributed by atoms with Gasteiger partial charge in [0.2, 0.25) is 0 Å². The van der Waals surface area contributed by atoms with E-state index in [4.69, 9.17) is 5.73 Å². The van der Waals surface area contributed by atoms with Gasteiger partial charge in [0, 0.05) is 42.0 Å². The summed E-state index contributed by atoms with van der Waals surface area (Å²) in [6.45, 7) is 4.35. The minimum Gasteiger partial charge on any atom is -0.399 e. The molecule has 13 heteroatoms. The highest BCUT2D eigenvalue weighted by atomic mass is 32.2. The van der Waals surface area contributed by atoms with Gasteiger partial charge in [0.1, 0.15) is 5.82 Å². The first-order valence-electron chi connectivity index (χ1n) is 15.1. The number of aryl methyl sites for hydroxylation is 1. The first kappa shape index (κ1) is 31.0. The van der Waals surface area contributed by atoms with Crippen molar-refractivity contribution in [2.75, 3.05) is 37.1 Å². The third-order valence-corrected chi connectivity index (χ3v) is 9.47. The Morgan fingerprint density at radius 2 is 1.91 bits per heavy atom. The predicted molar refractivity (Wildman–Crippen MR) is 178 cm³/mol. The van der Waals surface area contributed by atoms with Gasteiger partial charge in [0.25, 0.3) is 15.9 Å². The van der Waals surface area contributed by atoms with E-state index in [1.165, 1.54) is 63.3 Å². The number of aromatic nitrogens is 4. The smallest absolute Gasteiger partial charge is 0.262 e. The summed E-state index contributed by atoms with van der Waals surface area (Å²) in [7, 11) is -2.99. The molecule has 3 aromatic carbocycles. The second-order valence-corrected chi connectivity index (χ2v) is 12.9. The molecule has 238 valence electrons. The van der Waals surface area contributed by atoms with Gasteiger partial charge in [-0.25, -0.2) is 12.8 Å². The van der Waals surface area contributed by atoms with Crippen LogP contribution in [0.1, 0.15) is 40.9 Å². The lowest BCUT2D eigenvalue weighted by atomic mass is 10.0. The van der Waals surface area contributed by atoms with E-state index in [0.29, 0.717) is 28.0 Å². The van der Waals surface area contributed by atoms with E-state index < -0.39 is 27.4 Å². The second kappa shape index (κ2) is 13.2. The van der Waals surface area contributed by atoms with Crippen molar-refractivity contribution in [3.05, 3.63) is 89.6 Å². The first-order valence-corrected chi connectivity index (χ1v) is 16.5. The molecule has 0 atom stereocenters. The van der Waals surface area contributed by atoms with Gasteiger partial charge in [-0.3, -0.25) is 19.3 Å². The number of likely N-dealkylation sites (tertiary alicyclic amines) is 1. The van der Waals surface area contributed by atoms with Crippen molar-refractivity contribution in [2.45, 2.75) is 30.7 Å². The Morgan fingerprint density at radius 1 is 1.09 bits per heavy atom. The number of nitrogen functional groups attached to an aromatic ring is 1. The molecule has 6 rings (SSSR count). The van der Waals surface area contributed by atoms with Crippen LogP contribution in [0.2, 0.25) is 0 Å². The van der Waals surface area contributed by atoms with Crippen molar-refractivity contribution in [3.8, 4) is 11.1 Å². The van der Waals surface area contributed by atoms with Crippen LogP contribution in [0.3, 0.4) is 0 Å². The molecule has 0 spiro atoms. The fraction of sp³-hybridized carbons (Fsp3) is 0.242. The summed E-state index contributed by atoms with van der Waals surface area (Å²) >= 11 is 0. The predicted octanol–water partition coefficient (Wildman–Crippen LogP) is 4.96. The number of benzene rings is 3. The van der Waals surface area contributed by atoms with Crippen LogP contribution < -0.4 is 15.8 Å². The van der Waals surface area contributed by atoms with Crippen molar-refractivity contribution >= 4 is 50.4 Å². The van der Waals surface area contributed by atoms with E-state index in [2.05, 4.69) is 30.2 Å². The normalized spacial score (nSPS) is 14.0. The number of amides is 1. The van der Waals surface area contributed by atoms with Crippen LogP contribution in [0.5, 0.6) is 0 Å². The fourth-order valence-electron chi connectivity index (χ4n) is 5.71. The van der Waals surface area contributed by atoms with Gasteiger partial charge in [-0.1, -0.05) is 12.1 Å². The molecule has 0 radical (unpaired) electrons. The Balaban J connectivity index is 1.23. The van der Waals surface area contributed by atoms with Crippen LogP contribution >= 0.6 is 0 Å². The molecule has 0 unspecified atom stereocenters. The van der Waals surface area contributed by atoms with E-state index in [0.717, 1.165) is 36.5 Å². The molecule has 46 heavy (non-hydrogen) atoms. The lowest BCUT2D eigenvalue weighted by Crippen LogP contribution is -2.22.